The Hall–Kier alpha value is -2.11. The van der Waals surface area contributed by atoms with E-state index in [0.29, 0.717) is 16.8 Å². The van der Waals surface area contributed by atoms with Gasteiger partial charge in [-0.1, -0.05) is 0 Å². The van der Waals surface area contributed by atoms with Gasteiger partial charge in [0.25, 0.3) is 0 Å². The fourth-order valence-corrected chi connectivity index (χ4v) is 1.24. The van der Waals surface area contributed by atoms with Crippen molar-refractivity contribution in [2.75, 3.05) is 5.73 Å². The van der Waals surface area contributed by atoms with Crippen LogP contribution in [0.15, 0.2) is 10.7 Å². The van der Waals surface area contributed by atoms with E-state index in [9.17, 15) is 4.79 Å². The Morgan fingerprint density at radius 2 is 2.29 bits per heavy atom. The first-order chi connectivity index (χ1) is 6.59. The summed E-state index contributed by atoms with van der Waals surface area (Å²) in [6.07, 6.45) is 1.32. The van der Waals surface area contributed by atoms with E-state index in [1.54, 1.807) is 6.92 Å². The molecule has 2 heterocycles. The third-order valence-electron chi connectivity index (χ3n) is 1.83. The van der Waals surface area contributed by atoms with Crippen LogP contribution in [0.4, 0.5) is 5.69 Å². The van der Waals surface area contributed by atoms with E-state index in [1.807, 2.05) is 0 Å². The average molecular weight is 193 g/mol. The molecule has 0 aliphatic heterocycles. The number of hydrogen-bond donors (Lipinski definition) is 2. The van der Waals surface area contributed by atoms with E-state index in [1.165, 1.54) is 6.26 Å². The van der Waals surface area contributed by atoms with Gasteiger partial charge in [0.05, 0.1) is 16.8 Å². The molecule has 0 atom stereocenters. The molecule has 0 saturated carbocycles. The predicted molar refractivity (Wildman–Crippen MR) is 47.9 cm³/mol. The van der Waals surface area contributed by atoms with Gasteiger partial charge in [-0.2, -0.15) is 4.98 Å². The van der Waals surface area contributed by atoms with Crippen LogP contribution >= 0.6 is 0 Å². The van der Waals surface area contributed by atoms with Crippen LogP contribution in [0.1, 0.15) is 16.3 Å². The second-order valence-corrected chi connectivity index (χ2v) is 2.81. The van der Waals surface area contributed by atoms with Crippen molar-refractivity contribution in [1.29, 1.82) is 0 Å². The number of carbonyl (C=O) groups is 1. The molecule has 2 aromatic heterocycles. The molecule has 6 heteroatoms. The summed E-state index contributed by atoms with van der Waals surface area (Å²) in [5.74, 6) is -1.48. The molecule has 72 valence electrons. The molecule has 0 saturated heterocycles. The minimum Gasteiger partial charge on any atom is -0.475 e. The van der Waals surface area contributed by atoms with Crippen LogP contribution in [0.2, 0.25) is 0 Å². The van der Waals surface area contributed by atoms with E-state index < -0.39 is 5.97 Å². The molecule has 0 amide bonds. The van der Waals surface area contributed by atoms with Gasteiger partial charge in [0.2, 0.25) is 11.5 Å². The van der Waals surface area contributed by atoms with Crippen molar-refractivity contribution < 1.29 is 14.3 Å². The fraction of sp³-hybridized carbons (Fsp3) is 0.125. The monoisotopic (exact) mass is 193 g/mol. The molecule has 0 bridgehead atoms. The summed E-state index contributed by atoms with van der Waals surface area (Å²) in [4.78, 5) is 18.1. The van der Waals surface area contributed by atoms with Crippen molar-refractivity contribution in [3.63, 3.8) is 0 Å². The second kappa shape index (κ2) is 2.69. The standard InChI is InChI=1S/C8H7N3O3/c1-3-5-4(9)2-14-7(5)11-6(10-3)8(12)13/h2H,9H2,1H3,(H,12,13). The number of carboxylic acid groups (broad SMARTS) is 1. The number of aryl methyl sites for hydroxylation is 1. The highest BCUT2D eigenvalue weighted by molar-refractivity contribution is 5.92. The third-order valence-corrected chi connectivity index (χ3v) is 1.83. The van der Waals surface area contributed by atoms with Crippen LogP contribution in [-0.4, -0.2) is 21.0 Å². The van der Waals surface area contributed by atoms with Crippen molar-refractivity contribution in [3.05, 3.63) is 17.8 Å². The molecule has 2 rings (SSSR count). The Kier molecular flexibility index (Phi) is 1.63. The van der Waals surface area contributed by atoms with E-state index in [0.717, 1.165) is 0 Å². The van der Waals surface area contributed by atoms with Gasteiger partial charge in [-0.15, -0.1) is 0 Å². The summed E-state index contributed by atoms with van der Waals surface area (Å²) >= 11 is 0. The summed E-state index contributed by atoms with van der Waals surface area (Å²) in [5.41, 5.74) is 6.69. The number of anilines is 1. The molecule has 0 unspecified atom stereocenters. The molecular formula is C8H7N3O3. The molecular weight excluding hydrogens is 186 g/mol. The lowest BCUT2D eigenvalue weighted by Gasteiger charge is -1.97. The summed E-state index contributed by atoms with van der Waals surface area (Å²) in [6, 6.07) is 0. The Labute approximate surface area is 78.4 Å². The van der Waals surface area contributed by atoms with Crippen molar-refractivity contribution in [1.82, 2.24) is 9.97 Å². The Morgan fingerprint density at radius 1 is 1.57 bits per heavy atom. The highest BCUT2D eigenvalue weighted by atomic mass is 16.4. The SMILES string of the molecule is Cc1nc(C(=O)O)nc2occ(N)c12. The van der Waals surface area contributed by atoms with Gasteiger partial charge < -0.3 is 15.3 Å². The molecule has 0 spiro atoms. The number of aromatic carboxylic acids is 1. The summed E-state index contributed by atoms with van der Waals surface area (Å²) in [5, 5.41) is 9.24. The number of nitrogens with zero attached hydrogens (tertiary/aromatic N) is 2. The summed E-state index contributed by atoms with van der Waals surface area (Å²) in [6.45, 7) is 1.66. The molecule has 2 aromatic rings. The zero-order chi connectivity index (χ0) is 10.3. The average Bonchev–Trinajstić information content (AvgIpc) is 2.48. The maximum Gasteiger partial charge on any atom is 0.374 e. The van der Waals surface area contributed by atoms with Crippen LogP contribution in [-0.2, 0) is 0 Å². The Balaban J connectivity index is 2.80. The number of rotatable bonds is 1. The molecule has 0 radical (unpaired) electrons. The number of fused-ring (bicyclic) bond motifs is 1. The second-order valence-electron chi connectivity index (χ2n) is 2.81. The van der Waals surface area contributed by atoms with Gasteiger partial charge in [0.15, 0.2) is 0 Å². The number of aromatic nitrogens is 2. The van der Waals surface area contributed by atoms with Crippen molar-refractivity contribution in [2.45, 2.75) is 6.92 Å². The molecule has 3 N–H and O–H groups in total. The summed E-state index contributed by atoms with van der Waals surface area (Å²) < 4.78 is 4.98. The molecule has 0 aliphatic rings. The largest absolute Gasteiger partial charge is 0.475 e. The van der Waals surface area contributed by atoms with Crippen LogP contribution in [0, 0.1) is 6.92 Å². The first-order valence-corrected chi connectivity index (χ1v) is 3.84. The molecule has 0 aromatic carbocycles. The highest BCUT2D eigenvalue weighted by Gasteiger charge is 2.14. The van der Waals surface area contributed by atoms with E-state index >= 15 is 0 Å². The molecule has 6 nitrogen and oxygen atoms in total. The lowest BCUT2D eigenvalue weighted by molar-refractivity contribution is 0.0683. The normalized spacial score (nSPS) is 10.6. The van der Waals surface area contributed by atoms with Crippen molar-refractivity contribution in [2.24, 2.45) is 0 Å². The van der Waals surface area contributed by atoms with Crippen molar-refractivity contribution >= 4 is 22.8 Å². The molecule has 0 aliphatic carbocycles. The zero-order valence-electron chi connectivity index (χ0n) is 7.31. The number of nitrogen functional groups attached to an aromatic ring is 1. The number of carboxylic acids is 1. The van der Waals surface area contributed by atoms with Gasteiger partial charge in [-0.25, -0.2) is 9.78 Å². The smallest absolute Gasteiger partial charge is 0.374 e. The first-order valence-electron chi connectivity index (χ1n) is 3.84. The number of hydrogen-bond acceptors (Lipinski definition) is 5. The van der Waals surface area contributed by atoms with Gasteiger partial charge >= 0.3 is 5.97 Å². The molecule has 0 fully saturated rings. The van der Waals surface area contributed by atoms with Gasteiger partial charge in [-0.05, 0) is 6.92 Å². The maximum absolute atomic E-state index is 10.6. The zero-order valence-corrected chi connectivity index (χ0v) is 7.31. The molecule has 14 heavy (non-hydrogen) atoms. The van der Waals surface area contributed by atoms with E-state index in [2.05, 4.69) is 9.97 Å². The minimum absolute atomic E-state index is 0.201. The number of nitrogens with two attached hydrogens (primary N) is 1. The lowest BCUT2D eigenvalue weighted by Crippen LogP contribution is -2.05. The van der Waals surface area contributed by atoms with Gasteiger partial charge in [0, 0.05) is 0 Å². The highest BCUT2D eigenvalue weighted by Crippen LogP contribution is 2.23. The number of furan rings is 1. The van der Waals surface area contributed by atoms with E-state index in [4.69, 9.17) is 15.3 Å². The van der Waals surface area contributed by atoms with Crippen molar-refractivity contribution in [3.8, 4) is 0 Å². The fourth-order valence-electron chi connectivity index (χ4n) is 1.24. The topological polar surface area (TPSA) is 102 Å². The van der Waals surface area contributed by atoms with Crippen LogP contribution in [0.25, 0.3) is 11.1 Å². The van der Waals surface area contributed by atoms with Gasteiger partial charge in [-0.3, -0.25) is 0 Å². The summed E-state index contributed by atoms with van der Waals surface area (Å²) in [7, 11) is 0. The van der Waals surface area contributed by atoms with E-state index in [-0.39, 0.29) is 11.5 Å². The quantitative estimate of drug-likeness (QED) is 0.694. The lowest BCUT2D eigenvalue weighted by atomic mass is 10.3. The minimum atomic E-state index is -1.19. The maximum atomic E-state index is 10.6. The van der Waals surface area contributed by atoms with Gasteiger partial charge in [0.1, 0.15) is 6.26 Å². The predicted octanol–water partition coefficient (Wildman–Crippen LogP) is 0.812. The van der Waals surface area contributed by atoms with Crippen LogP contribution < -0.4 is 5.73 Å². The Morgan fingerprint density at radius 3 is 2.93 bits per heavy atom. The van der Waals surface area contributed by atoms with Crippen LogP contribution in [0.5, 0.6) is 0 Å². The van der Waals surface area contributed by atoms with Crippen LogP contribution in [0.3, 0.4) is 0 Å². The third kappa shape index (κ3) is 1.08. The first kappa shape index (κ1) is 8.49. The Bertz CT molecular complexity index is 518.